The smallest absolute Gasteiger partial charge is 0.251 e. The fourth-order valence-corrected chi connectivity index (χ4v) is 1.53. The number of nitrogens with zero attached hydrogens (tertiary/aromatic N) is 1. The molecule has 0 spiro atoms. The first-order chi connectivity index (χ1) is 6.27. The molecule has 1 heterocycles. The van der Waals surface area contributed by atoms with Gasteiger partial charge in [0.2, 0.25) is 0 Å². The van der Waals surface area contributed by atoms with E-state index in [1.807, 2.05) is 30.3 Å². The molecule has 3 heteroatoms. The van der Waals surface area contributed by atoms with E-state index in [4.69, 9.17) is 5.21 Å². The maximum absolute atomic E-state index is 11.0. The zero-order chi connectivity index (χ0) is 9.26. The Kier molecular flexibility index (Phi) is 2.02. The summed E-state index contributed by atoms with van der Waals surface area (Å²) >= 11 is 0. The molecule has 1 aliphatic rings. The molecule has 13 heavy (non-hydrogen) atoms. The summed E-state index contributed by atoms with van der Waals surface area (Å²) in [4.78, 5) is 11.0. The largest absolute Gasteiger partial charge is 0.286 e. The highest BCUT2D eigenvalue weighted by Gasteiger charge is 2.35. The van der Waals surface area contributed by atoms with Gasteiger partial charge in [-0.05, 0) is 12.0 Å². The molecule has 1 saturated heterocycles. The van der Waals surface area contributed by atoms with Crippen molar-refractivity contribution in [1.82, 2.24) is 5.06 Å². The molecule has 0 radical (unpaired) electrons. The number of amides is 1. The van der Waals surface area contributed by atoms with Crippen molar-refractivity contribution in [3.63, 3.8) is 0 Å². The van der Waals surface area contributed by atoms with Gasteiger partial charge in [0.05, 0.1) is 12.5 Å². The van der Waals surface area contributed by atoms with Crippen LogP contribution in [0.5, 0.6) is 0 Å². The summed E-state index contributed by atoms with van der Waals surface area (Å²) in [5, 5.41) is 9.62. The van der Waals surface area contributed by atoms with Crippen molar-refractivity contribution in [2.24, 2.45) is 5.92 Å². The molecule has 2 rings (SSSR count). The Morgan fingerprint density at radius 1 is 1.38 bits per heavy atom. The third-order valence-corrected chi connectivity index (χ3v) is 2.32. The minimum Gasteiger partial charge on any atom is -0.286 e. The van der Waals surface area contributed by atoms with E-state index in [1.165, 1.54) is 0 Å². The zero-order valence-corrected chi connectivity index (χ0v) is 7.18. The molecule has 0 saturated carbocycles. The number of carbonyl (C=O) groups is 1. The number of carbonyl (C=O) groups excluding carboxylic acids is 1. The van der Waals surface area contributed by atoms with Crippen molar-refractivity contribution in [1.29, 1.82) is 0 Å². The number of hydroxylamine groups is 2. The molecule has 1 atom stereocenters. The van der Waals surface area contributed by atoms with Gasteiger partial charge in [-0.15, -0.1) is 0 Å². The first-order valence-electron chi connectivity index (χ1n) is 4.31. The van der Waals surface area contributed by atoms with E-state index in [9.17, 15) is 4.79 Å². The lowest BCUT2D eigenvalue weighted by molar-refractivity contribution is -0.196. The number of β-lactam (4-membered cyclic amide) rings is 1. The molecule has 0 bridgehead atoms. The Morgan fingerprint density at radius 2 is 2.08 bits per heavy atom. The second-order valence-corrected chi connectivity index (χ2v) is 3.31. The summed E-state index contributed by atoms with van der Waals surface area (Å²) in [5.74, 6) is -0.184. The monoisotopic (exact) mass is 177 g/mol. The highest BCUT2D eigenvalue weighted by molar-refractivity contribution is 5.83. The second kappa shape index (κ2) is 3.18. The van der Waals surface area contributed by atoms with E-state index in [2.05, 4.69) is 0 Å². The van der Waals surface area contributed by atoms with Gasteiger partial charge in [-0.25, -0.2) is 5.06 Å². The molecule has 1 aliphatic heterocycles. The molecule has 1 fully saturated rings. The summed E-state index contributed by atoms with van der Waals surface area (Å²) < 4.78 is 0. The summed E-state index contributed by atoms with van der Waals surface area (Å²) in [6.07, 6.45) is 0.733. The first kappa shape index (κ1) is 8.26. The van der Waals surface area contributed by atoms with E-state index in [-0.39, 0.29) is 11.8 Å². The predicted molar refractivity (Wildman–Crippen MR) is 47.1 cm³/mol. The Bertz CT molecular complexity index is 310. The summed E-state index contributed by atoms with van der Waals surface area (Å²) in [7, 11) is 0. The van der Waals surface area contributed by atoms with Crippen molar-refractivity contribution >= 4 is 5.91 Å². The van der Waals surface area contributed by atoms with Crippen LogP contribution in [0.4, 0.5) is 0 Å². The molecule has 1 amide bonds. The van der Waals surface area contributed by atoms with Crippen LogP contribution in [-0.2, 0) is 11.2 Å². The van der Waals surface area contributed by atoms with Crippen LogP contribution < -0.4 is 0 Å². The molecular weight excluding hydrogens is 166 g/mol. The van der Waals surface area contributed by atoms with Gasteiger partial charge in [0.1, 0.15) is 0 Å². The van der Waals surface area contributed by atoms with E-state index >= 15 is 0 Å². The highest BCUT2D eigenvalue weighted by atomic mass is 16.5. The van der Waals surface area contributed by atoms with Crippen LogP contribution in [-0.4, -0.2) is 22.7 Å². The van der Waals surface area contributed by atoms with Crippen molar-refractivity contribution in [3.05, 3.63) is 35.9 Å². The summed E-state index contributed by atoms with van der Waals surface area (Å²) in [6.45, 7) is 0.466. The summed E-state index contributed by atoms with van der Waals surface area (Å²) in [5.41, 5.74) is 1.15. The average molecular weight is 177 g/mol. The quantitative estimate of drug-likeness (QED) is 0.542. The van der Waals surface area contributed by atoms with E-state index < -0.39 is 0 Å². The second-order valence-electron chi connectivity index (χ2n) is 3.31. The van der Waals surface area contributed by atoms with Gasteiger partial charge in [0, 0.05) is 0 Å². The standard InChI is InChI=1S/C10H11NO2/c12-10-9(7-11(10)13)6-8-4-2-1-3-5-8/h1-5,9,13H,6-7H2/t9-/m0/s1. The van der Waals surface area contributed by atoms with E-state index in [1.54, 1.807) is 0 Å². The minimum absolute atomic E-state index is 0.0209. The van der Waals surface area contributed by atoms with Crippen LogP contribution >= 0.6 is 0 Å². The van der Waals surface area contributed by atoms with Crippen molar-refractivity contribution in [2.75, 3.05) is 6.54 Å². The molecule has 1 aromatic carbocycles. The van der Waals surface area contributed by atoms with Gasteiger partial charge in [-0.2, -0.15) is 0 Å². The lowest BCUT2D eigenvalue weighted by Gasteiger charge is -2.32. The molecule has 0 aromatic heterocycles. The Hall–Kier alpha value is -1.35. The predicted octanol–water partition coefficient (Wildman–Crippen LogP) is 1.08. The number of hydrogen-bond donors (Lipinski definition) is 1. The first-order valence-corrected chi connectivity index (χ1v) is 4.31. The van der Waals surface area contributed by atoms with Crippen LogP contribution in [0.1, 0.15) is 5.56 Å². The molecular formula is C10H11NO2. The minimum atomic E-state index is -0.163. The fourth-order valence-electron chi connectivity index (χ4n) is 1.53. The van der Waals surface area contributed by atoms with Gasteiger partial charge in [-0.1, -0.05) is 30.3 Å². The van der Waals surface area contributed by atoms with Gasteiger partial charge in [-0.3, -0.25) is 10.0 Å². The van der Waals surface area contributed by atoms with Crippen LogP contribution in [0, 0.1) is 5.92 Å². The van der Waals surface area contributed by atoms with E-state index in [0.29, 0.717) is 6.54 Å². The maximum Gasteiger partial charge on any atom is 0.251 e. The number of rotatable bonds is 2. The van der Waals surface area contributed by atoms with Crippen molar-refractivity contribution in [2.45, 2.75) is 6.42 Å². The van der Waals surface area contributed by atoms with Gasteiger partial charge in [0.25, 0.3) is 5.91 Å². The lowest BCUT2D eigenvalue weighted by atomic mass is 9.93. The highest BCUT2D eigenvalue weighted by Crippen LogP contribution is 2.19. The van der Waals surface area contributed by atoms with Gasteiger partial charge >= 0.3 is 0 Å². The lowest BCUT2D eigenvalue weighted by Crippen LogP contribution is -2.51. The van der Waals surface area contributed by atoms with Crippen molar-refractivity contribution in [3.8, 4) is 0 Å². The van der Waals surface area contributed by atoms with Crippen LogP contribution in [0.2, 0.25) is 0 Å². The molecule has 0 unspecified atom stereocenters. The zero-order valence-electron chi connectivity index (χ0n) is 7.18. The topological polar surface area (TPSA) is 40.5 Å². The van der Waals surface area contributed by atoms with Crippen LogP contribution in [0.15, 0.2) is 30.3 Å². The van der Waals surface area contributed by atoms with Crippen LogP contribution in [0.3, 0.4) is 0 Å². The molecule has 0 aliphatic carbocycles. The molecule has 1 N–H and O–H groups in total. The SMILES string of the molecule is O=C1[C@@H](Cc2ccccc2)CN1O. The Morgan fingerprint density at radius 3 is 2.62 bits per heavy atom. The Balaban J connectivity index is 1.97. The van der Waals surface area contributed by atoms with Gasteiger partial charge < -0.3 is 0 Å². The summed E-state index contributed by atoms with van der Waals surface area (Å²) in [6, 6.07) is 9.84. The van der Waals surface area contributed by atoms with Crippen LogP contribution in [0.25, 0.3) is 0 Å². The van der Waals surface area contributed by atoms with Crippen molar-refractivity contribution < 1.29 is 10.0 Å². The molecule has 3 nitrogen and oxygen atoms in total. The fraction of sp³-hybridized carbons (Fsp3) is 0.300. The number of hydrogen-bond acceptors (Lipinski definition) is 2. The maximum atomic E-state index is 11.0. The third-order valence-electron chi connectivity index (χ3n) is 2.32. The third kappa shape index (κ3) is 1.55. The molecule has 1 aromatic rings. The van der Waals surface area contributed by atoms with Gasteiger partial charge in [0.15, 0.2) is 0 Å². The van der Waals surface area contributed by atoms with E-state index in [0.717, 1.165) is 17.0 Å². The normalized spacial score (nSPS) is 21.5. The average Bonchev–Trinajstić information content (AvgIpc) is 2.19. The number of benzene rings is 1. The molecule has 68 valence electrons. The Labute approximate surface area is 76.6 Å².